The summed E-state index contributed by atoms with van der Waals surface area (Å²) in [5.74, 6) is 0.436. The molecule has 1 aromatic rings. The summed E-state index contributed by atoms with van der Waals surface area (Å²) >= 11 is 5.89. The molecular weight excluding hydrogens is 274 g/mol. The molecule has 4 heteroatoms. The number of halogens is 1. The first-order chi connectivity index (χ1) is 9.53. The fourth-order valence-corrected chi connectivity index (χ4v) is 2.73. The van der Waals surface area contributed by atoms with E-state index in [-0.39, 0.29) is 5.97 Å². The number of nitrogens with one attached hydrogen (secondary N) is 1. The van der Waals surface area contributed by atoms with E-state index in [9.17, 15) is 4.79 Å². The van der Waals surface area contributed by atoms with Gasteiger partial charge >= 0.3 is 5.97 Å². The van der Waals surface area contributed by atoms with E-state index in [2.05, 4.69) is 5.32 Å². The van der Waals surface area contributed by atoms with Gasteiger partial charge in [0.15, 0.2) is 0 Å². The van der Waals surface area contributed by atoms with E-state index in [1.165, 1.54) is 19.3 Å². The van der Waals surface area contributed by atoms with Gasteiger partial charge in [0.05, 0.1) is 6.61 Å². The number of hydrogen-bond acceptors (Lipinski definition) is 3. The highest BCUT2D eigenvalue weighted by molar-refractivity contribution is 6.30. The van der Waals surface area contributed by atoms with E-state index in [1.807, 2.05) is 38.1 Å². The molecule has 0 aromatic heterocycles. The first-order valence-electron chi connectivity index (χ1n) is 7.24. The molecule has 1 N–H and O–H groups in total. The normalized spacial score (nSPS) is 17.9. The monoisotopic (exact) mass is 295 g/mol. The number of carbonyl (C=O) groups excluding carboxylic acids is 1. The summed E-state index contributed by atoms with van der Waals surface area (Å²) in [6.45, 7) is 4.17. The van der Waals surface area contributed by atoms with Gasteiger partial charge in [-0.3, -0.25) is 0 Å². The lowest BCUT2D eigenvalue weighted by Crippen LogP contribution is -2.47. The van der Waals surface area contributed by atoms with Gasteiger partial charge in [-0.25, -0.2) is 4.79 Å². The van der Waals surface area contributed by atoms with E-state index in [0.717, 1.165) is 12.1 Å². The molecule has 1 unspecified atom stereocenters. The number of rotatable bonds is 6. The second kappa shape index (κ2) is 6.49. The number of anilines is 1. The average Bonchev–Trinajstić information content (AvgIpc) is 2.37. The van der Waals surface area contributed by atoms with Crippen LogP contribution in [-0.4, -0.2) is 18.1 Å². The molecule has 0 radical (unpaired) electrons. The van der Waals surface area contributed by atoms with Gasteiger partial charge in [-0.15, -0.1) is 0 Å². The summed E-state index contributed by atoms with van der Waals surface area (Å²) in [4.78, 5) is 12.3. The molecule has 0 spiro atoms. The number of esters is 1. The smallest absolute Gasteiger partial charge is 0.331 e. The van der Waals surface area contributed by atoms with Gasteiger partial charge < -0.3 is 10.1 Å². The minimum Gasteiger partial charge on any atom is -0.464 e. The largest absolute Gasteiger partial charge is 0.464 e. The molecule has 1 atom stereocenters. The van der Waals surface area contributed by atoms with Gasteiger partial charge in [0, 0.05) is 10.7 Å². The molecule has 2 rings (SSSR count). The molecule has 3 nitrogen and oxygen atoms in total. The number of benzene rings is 1. The predicted molar refractivity (Wildman–Crippen MR) is 82.1 cm³/mol. The molecule has 0 bridgehead atoms. The molecule has 1 aliphatic rings. The third kappa shape index (κ3) is 3.66. The van der Waals surface area contributed by atoms with Crippen molar-refractivity contribution < 1.29 is 9.53 Å². The second-order valence-corrected chi connectivity index (χ2v) is 6.12. The van der Waals surface area contributed by atoms with Crippen molar-refractivity contribution in [3.63, 3.8) is 0 Å². The Bertz CT molecular complexity index is 456. The van der Waals surface area contributed by atoms with Gasteiger partial charge in [0.25, 0.3) is 0 Å². The molecule has 1 saturated carbocycles. The fourth-order valence-electron chi connectivity index (χ4n) is 2.60. The summed E-state index contributed by atoms with van der Waals surface area (Å²) in [6.07, 6.45) is 4.49. The fraction of sp³-hybridized carbons (Fsp3) is 0.562. The van der Waals surface area contributed by atoms with Crippen LogP contribution in [0.25, 0.3) is 0 Å². The van der Waals surface area contributed by atoms with E-state index in [0.29, 0.717) is 17.5 Å². The van der Waals surface area contributed by atoms with Crippen molar-refractivity contribution in [2.24, 2.45) is 5.92 Å². The number of ether oxygens (including phenoxy) is 1. The Kier molecular flexibility index (Phi) is 4.92. The molecule has 0 amide bonds. The molecule has 1 aliphatic carbocycles. The maximum atomic E-state index is 12.3. The minimum absolute atomic E-state index is 0.179. The van der Waals surface area contributed by atoms with Crippen LogP contribution in [0.3, 0.4) is 0 Å². The Morgan fingerprint density at radius 2 is 2.05 bits per heavy atom. The first-order valence-corrected chi connectivity index (χ1v) is 7.62. The van der Waals surface area contributed by atoms with Crippen LogP contribution in [0.2, 0.25) is 5.02 Å². The summed E-state index contributed by atoms with van der Waals surface area (Å²) in [6, 6.07) is 7.42. The van der Waals surface area contributed by atoms with Gasteiger partial charge in [-0.2, -0.15) is 0 Å². The van der Waals surface area contributed by atoms with Crippen LogP contribution < -0.4 is 5.32 Å². The second-order valence-electron chi connectivity index (χ2n) is 5.69. The van der Waals surface area contributed by atoms with Crippen molar-refractivity contribution >= 4 is 23.3 Å². The molecule has 1 aromatic carbocycles. The Morgan fingerprint density at radius 3 is 2.55 bits per heavy atom. The zero-order valence-electron chi connectivity index (χ0n) is 12.1. The maximum Gasteiger partial charge on any atom is 0.331 e. The Hall–Kier alpha value is -1.22. The van der Waals surface area contributed by atoms with Crippen molar-refractivity contribution in [3.8, 4) is 0 Å². The van der Waals surface area contributed by atoms with Crippen LogP contribution >= 0.6 is 11.6 Å². The highest BCUT2D eigenvalue weighted by Gasteiger charge is 2.38. The Balaban J connectivity index is 2.11. The van der Waals surface area contributed by atoms with Crippen LogP contribution in [-0.2, 0) is 9.53 Å². The SMILES string of the molecule is CCOC(=O)C(C)(CC1CCC1)Nc1ccc(Cl)cc1. The predicted octanol–water partition coefficient (Wildman–Crippen LogP) is 4.26. The third-order valence-electron chi connectivity index (χ3n) is 3.91. The van der Waals surface area contributed by atoms with Crippen molar-refractivity contribution in [3.05, 3.63) is 29.3 Å². The van der Waals surface area contributed by atoms with Gasteiger partial charge in [-0.05, 0) is 50.5 Å². The zero-order chi connectivity index (χ0) is 14.6. The molecule has 0 heterocycles. The molecular formula is C16H22ClNO2. The highest BCUT2D eigenvalue weighted by atomic mass is 35.5. The van der Waals surface area contributed by atoms with Crippen molar-refractivity contribution in [1.29, 1.82) is 0 Å². The third-order valence-corrected chi connectivity index (χ3v) is 4.16. The average molecular weight is 296 g/mol. The Labute approximate surface area is 125 Å². The quantitative estimate of drug-likeness (QED) is 0.797. The number of hydrogen-bond donors (Lipinski definition) is 1. The molecule has 20 heavy (non-hydrogen) atoms. The summed E-state index contributed by atoms with van der Waals surface area (Å²) in [7, 11) is 0. The summed E-state index contributed by atoms with van der Waals surface area (Å²) < 4.78 is 5.24. The van der Waals surface area contributed by atoms with Crippen LogP contribution in [0.15, 0.2) is 24.3 Å². The highest BCUT2D eigenvalue weighted by Crippen LogP contribution is 2.35. The van der Waals surface area contributed by atoms with Gasteiger partial charge in [0.2, 0.25) is 0 Å². The number of carbonyl (C=O) groups is 1. The minimum atomic E-state index is -0.672. The summed E-state index contributed by atoms with van der Waals surface area (Å²) in [5, 5.41) is 4.02. The lowest BCUT2D eigenvalue weighted by Gasteiger charge is -2.36. The van der Waals surface area contributed by atoms with Crippen LogP contribution in [0.1, 0.15) is 39.5 Å². The molecule has 0 saturated heterocycles. The van der Waals surface area contributed by atoms with E-state index < -0.39 is 5.54 Å². The van der Waals surface area contributed by atoms with Crippen molar-refractivity contribution in [2.75, 3.05) is 11.9 Å². The zero-order valence-corrected chi connectivity index (χ0v) is 12.9. The maximum absolute atomic E-state index is 12.3. The van der Waals surface area contributed by atoms with E-state index in [4.69, 9.17) is 16.3 Å². The Morgan fingerprint density at radius 1 is 1.40 bits per heavy atom. The van der Waals surface area contributed by atoms with E-state index in [1.54, 1.807) is 0 Å². The standard InChI is InChI=1S/C16H22ClNO2/c1-3-20-15(19)16(2,11-12-5-4-6-12)18-14-9-7-13(17)8-10-14/h7-10,12,18H,3-6,11H2,1-2H3. The summed E-state index contributed by atoms with van der Waals surface area (Å²) in [5.41, 5.74) is 0.221. The van der Waals surface area contributed by atoms with Crippen LogP contribution in [0, 0.1) is 5.92 Å². The molecule has 0 aliphatic heterocycles. The molecule has 110 valence electrons. The lowest BCUT2D eigenvalue weighted by atomic mass is 9.76. The first kappa shape index (κ1) is 15.2. The van der Waals surface area contributed by atoms with Gasteiger partial charge in [0.1, 0.15) is 5.54 Å². The van der Waals surface area contributed by atoms with Crippen LogP contribution in [0.4, 0.5) is 5.69 Å². The van der Waals surface area contributed by atoms with Crippen molar-refractivity contribution in [1.82, 2.24) is 0 Å². The van der Waals surface area contributed by atoms with E-state index >= 15 is 0 Å². The topological polar surface area (TPSA) is 38.3 Å². The van der Waals surface area contributed by atoms with Crippen molar-refractivity contribution in [2.45, 2.75) is 45.1 Å². The van der Waals surface area contributed by atoms with Crippen LogP contribution in [0.5, 0.6) is 0 Å². The molecule has 1 fully saturated rings. The lowest BCUT2D eigenvalue weighted by molar-refractivity contribution is -0.148. The van der Waals surface area contributed by atoms with Gasteiger partial charge in [-0.1, -0.05) is 30.9 Å².